The number of nitrogens with zero attached hydrogens (tertiary/aromatic N) is 2. The smallest absolute Gasteiger partial charge is 0.0966 e. The fourth-order valence-electron chi connectivity index (χ4n) is 0.847. The zero-order valence-electron chi connectivity index (χ0n) is 6.44. The summed E-state index contributed by atoms with van der Waals surface area (Å²) < 4.78 is 1.65. The molecule has 0 amide bonds. The van der Waals surface area contributed by atoms with Gasteiger partial charge in [-0.3, -0.25) is 4.68 Å². The van der Waals surface area contributed by atoms with Crippen molar-refractivity contribution >= 4 is 0 Å². The van der Waals surface area contributed by atoms with Gasteiger partial charge >= 0.3 is 0 Å². The molecule has 1 aromatic heterocycles. The highest BCUT2D eigenvalue weighted by atomic mass is 16.3. The second-order valence-electron chi connectivity index (χ2n) is 2.49. The van der Waals surface area contributed by atoms with Crippen LogP contribution in [0.1, 0.15) is 5.69 Å². The van der Waals surface area contributed by atoms with Crippen molar-refractivity contribution < 1.29 is 10.2 Å². The predicted octanol–water partition coefficient (Wildman–Crippen LogP) is -0.455. The van der Waals surface area contributed by atoms with Crippen molar-refractivity contribution in [2.45, 2.75) is 19.6 Å². The summed E-state index contributed by atoms with van der Waals surface area (Å²) in [4.78, 5) is 0. The quantitative estimate of drug-likeness (QED) is 0.623. The van der Waals surface area contributed by atoms with Crippen molar-refractivity contribution in [3.63, 3.8) is 0 Å². The molecular weight excluding hydrogens is 144 g/mol. The molecule has 1 rings (SSSR count). The van der Waals surface area contributed by atoms with E-state index in [0.717, 1.165) is 5.69 Å². The molecule has 0 bridgehead atoms. The molecule has 0 aliphatic heterocycles. The van der Waals surface area contributed by atoms with Gasteiger partial charge in [0.2, 0.25) is 0 Å². The number of aryl methyl sites for hydroxylation is 1. The molecule has 11 heavy (non-hydrogen) atoms. The van der Waals surface area contributed by atoms with Gasteiger partial charge in [-0.15, -0.1) is 0 Å². The zero-order chi connectivity index (χ0) is 8.27. The van der Waals surface area contributed by atoms with Crippen LogP contribution in [-0.4, -0.2) is 32.7 Å². The lowest BCUT2D eigenvalue weighted by atomic mass is 10.4. The summed E-state index contributed by atoms with van der Waals surface area (Å²) in [5.41, 5.74) is 0.984. The van der Waals surface area contributed by atoms with Crippen LogP contribution in [0.2, 0.25) is 0 Å². The first-order valence-electron chi connectivity index (χ1n) is 3.51. The van der Waals surface area contributed by atoms with Crippen molar-refractivity contribution in [3.05, 3.63) is 18.0 Å². The van der Waals surface area contributed by atoms with Crippen molar-refractivity contribution in [3.8, 4) is 0 Å². The van der Waals surface area contributed by atoms with Gasteiger partial charge in [-0.05, 0) is 13.0 Å². The first kappa shape index (κ1) is 8.23. The monoisotopic (exact) mass is 156 g/mol. The summed E-state index contributed by atoms with van der Waals surface area (Å²) in [7, 11) is 0. The van der Waals surface area contributed by atoms with E-state index in [0.29, 0.717) is 6.54 Å². The maximum atomic E-state index is 9.04. The highest BCUT2D eigenvalue weighted by Gasteiger charge is 2.04. The van der Waals surface area contributed by atoms with Gasteiger partial charge < -0.3 is 10.2 Å². The Balaban J connectivity index is 2.56. The Morgan fingerprint density at radius 2 is 2.45 bits per heavy atom. The van der Waals surface area contributed by atoms with E-state index in [1.54, 1.807) is 10.9 Å². The summed E-state index contributed by atoms with van der Waals surface area (Å²) in [6.45, 7) is 2.03. The van der Waals surface area contributed by atoms with Crippen LogP contribution in [0.3, 0.4) is 0 Å². The summed E-state index contributed by atoms with van der Waals surface area (Å²) in [5.74, 6) is 0. The van der Waals surface area contributed by atoms with Gasteiger partial charge in [0.25, 0.3) is 0 Å². The van der Waals surface area contributed by atoms with E-state index < -0.39 is 6.10 Å². The van der Waals surface area contributed by atoms with Gasteiger partial charge in [0.1, 0.15) is 0 Å². The Morgan fingerprint density at radius 3 is 2.91 bits per heavy atom. The van der Waals surface area contributed by atoms with Gasteiger partial charge in [-0.25, -0.2) is 0 Å². The molecule has 0 saturated heterocycles. The second kappa shape index (κ2) is 3.50. The van der Waals surface area contributed by atoms with E-state index >= 15 is 0 Å². The maximum absolute atomic E-state index is 9.04. The molecule has 0 aromatic carbocycles. The van der Waals surface area contributed by atoms with Crippen molar-refractivity contribution in [1.29, 1.82) is 0 Å². The van der Waals surface area contributed by atoms with Gasteiger partial charge in [0.05, 0.1) is 19.3 Å². The molecule has 0 aliphatic rings. The standard InChI is InChI=1S/C7H12N2O2/c1-6-2-3-8-9(6)4-7(11)5-10/h2-3,7,10-11H,4-5H2,1H3/t7-/m0/s1. The topological polar surface area (TPSA) is 58.3 Å². The van der Waals surface area contributed by atoms with E-state index in [-0.39, 0.29) is 6.61 Å². The first-order chi connectivity index (χ1) is 5.24. The van der Waals surface area contributed by atoms with Crippen molar-refractivity contribution in [2.75, 3.05) is 6.61 Å². The third-order valence-corrected chi connectivity index (χ3v) is 1.52. The van der Waals surface area contributed by atoms with E-state index in [2.05, 4.69) is 5.10 Å². The molecule has 0 aliphatic carbocycles. The molecular formula is C7H12N2O2. The average molecular weight is 156 g/mol. The zero-order valence-corrected chi connectivity index (χ0v) is 6.44. The SMILES string of the molecule is Cc1ccnn1C[C@H](O)CO. The molecule has 2 N–H and O–H groups in total. The molecule has 1 heterocycles. The van der Waals surface area contributed by atoms with Crippen LogP contribution < -0.4 is 0 Å². The molecule has 62 valence electrons. The number of aliphatic hydroxyl groups excluding tert-OH is 2. The molecule has 4 nitrogen and oxygen atoms in total. The number of hydrogen-bond donors (Lipinski definition) is 2. The Labute approximate surface area is 65.1 Å². The van der Waals surface area contributed by atoms with Crippen LogP contribution in [-0.2, 0) is 6.54 Å². The minimum atomic E-state index is -0.714. The summed E-state index contributed by atoms with van der Waals surface area (Å²) in [6, 6.07) is 1.85. The molecule has 0 saturated carbocycles. The Kier molecular flexibility index (Phi) is 2.62. The third-order valence-electron chi connectivity index (χ3n) is 1.52. The molecule has 0 fully saturated rings. The molecule has 0 spiro atoms. The predicted molar refractivity (Wildman–Crippen MR) is 40.1 cm³/mol. The maximum Gasteiger partial charge on any atom is 0.0966 e. The highest BCUT2D eigenvalue weighted by Crippen LogP contribution is 1.97. The minimum absolute atomic E-state index is 0.223. The average Bonchev–Trinajstić information content (AvgIpc) is 2.37. The van der Waals surface area contributed by atoms with Crippen LogP contribution in [0.4, 0.5) is 0 Å². The fourth-order valence-corrected chi connectivity index (χ4v) is 0.847. The molecule has 0 radical (unpaired) electrons. The molecule has 0 unspecified atom stereocenters. The van der Waals surface area contributed by atoms with Gasteiger partial charge in [-0.1, -0.05) is 0 Å². The van der Waals surface area contributed by atoms with Gasteiger partial charge in [0.15, 0.2) is 0 Å². The number of aliphatic hydroxyl groups is 2. The molecule has 4 heteroatoms. The lowest BCUT2D eigenvalue weighted by molar-refractivity contribution is 0.0777. The van der Waals surface area contributed by atoms with Crippen LogP contribution in [0.15, 0.2) is 12.3 Å². The van der Waals surface area contributed by atoms with Crippen molar-refractivity contribution in [1.82, 2.24) is 9.78 Å². The third kappa shape index (κ3) is 2.03. The van der Waals surface area contributed by atoms with Crippen LogP contribution >= 0.6 is 0 Å². The summed E-state index contributed by atoms with van der Waals surface area (Å²) >= 11 is 0. The van der Waals surface area contributed by atoms with Gasteiger partial charge in [-0.2, -0.15) is 5.10 Å². The number of aromatic nitrogens is 2. The van der Waals surface area contributed by atoms with Crippen LogP contribution in [0, 0.1) is 6.92 Å². The second-order valence-corrected chi connectivity index (χ2v) is 2.49. The molecule has 1 aromatic rings. The van der Waals surface area contributed by atoms with E-state index in [1.807, 2.05) is 13.0 Å². The van der Waals surface area contributed by atoms with Crippen LogP contribution in [0.5, 0.6) is 0 Å². The highest BCUT2D eigenvalue weighted by molar-refractivity contribution is 4.96. The Hall–Kier alpha value is -0.870. The normalized spacial score (nSPS) is 13.4. The first-order valence-corrected chi connectivity index (χ1v) is 3.51. The van der Waals surface area contributed by atoms with E-state index in [1.165, 1.54) is 0 Å². The van der Waals surface area contributed by atoms with Crippen LogP contribution in [0.25, 0.3) is 0 Å². The summed E-state index contributed by atoms with van der Waals surface area (Å²) in [5, 5.41) is 21.5. The summed E-state index contributed by atoms with van der Waals surface area (Å²) in [6.07, 6.45) is 0.952. The van der Waals surface area contributed by atoms with E-state index in [4.69, 9.17) is 10.2 Å². The number of hydrogen-bond acceptors (Lipinski definition) is 3. The fraction of sp³-hybridized carbons (Fsp3) is 0.571. The molecule has 1 atom stereocenters. The minimum Gasteiger partial charge on any atom is -0.394 e. The largest absolute Gasteiger partial charge is 0.394 e. The Bertz CT molecular complexity index is 222. The van der Waals surface area contributed by atoms with E-state index in [9.17, 15) is 0 Å². The Morgan fingerprint density at radius 1 is 1.73 bits per heavy atom. The van der Waals surface area contributed by atoms with Crippen molar-refractivity contribution in [2.24, 2.45) is 0 Å². The van der Waals surface area contributed by atoms with Gasteiger partial charge in [0, 0.05) is 11.9 Å². The number of rotatable bonds is 3. The lowest BCUT2D eigenvalue weighted by Gasteiger charge is -2.08. The lowest BCUT2D eigenvalue weighted by Crippen LogP contribution is -2.21.